The number of nitrogens with zero attached hydrogens (tertiary/aromatic N) is 1. The first-order valence-electron chi connectivity index (χ1n) is 4.97. The molecule has 0 aromatic heterocycles. The van der Waals surface area contributed by atoms with Crippen molar-refractivity contribution in [2.24, 2.45) is 0 Å². The maximum Gasteiger partial charge on any atom is 0.316 e. The van der Waals surface area contributed by atoms with E-state index in [1.54, 1.807) is 14.1 Å². The van der Waals surface area contributed by atoms with E-state index in [0.717, 1.165) is 26.1 Å². The number of amides is 2. The topological polar surface area (TPSA) is 53.6 Å². The Hall–Kier alpha value is -0.810. The molecule has 1 rings (SSSR count). The first-order valence-corrected chi connectivity index (χ1v) is 4.97. The lowest BCUT2D eigenvalue weighted by atomic mass is 10.2. The van der Waals surface area contributed by atoms with Crippen LogP contribution in [0.1, 0.15) is 6.42 Å². The lowest BCUT2D eigenvalue weighted by Crippen LogP contribution is -2.39. The van der Waals surface area contributed by atoms with E-state index in [4.69, 9.17) is 4.74 Å². The highest BCUT2D eigenvalue weighted by atomic mass is 16.5. The molecule has 5 nitrogen and oxygen atoms in total. The second kappa shape index (κ2) is 5.82. The van der Waals surface area contributed by atoms with Crippen LogP contribution in [-0.2, 0) is 4.74 Å². The Morgan fingerprint density at radius 1 is 1.57 bits per heavy atom. The van der Waals surface area contributed by atoms with Crippen molar-refractivity contribution >= 4 is 6.03 Å². The van der Waals surface area contributed by atoms with Gasteiger partial charge in [0.25, 0.3) is 0 Å². The zero-order valence-electron chi connectivity index (χ0n) is 8.88. The van der Waals surface area contributed by atoms with Gasteiger partial charge in [-0.1, -0.05) is 0 Å². The number of urea groups is 1. The molecule has 14 heavy (non-hydrogen) atoms. The number of hydrogen-bond donors (Lipinski definition) is 2. The third-order valence-electron chi connectivity index (χ3n) is 2.16. The number of carbonyl (C=O) groups excluding carboxylic acids is 1. The van der Waals surface area contributed by atoms with Crippen molar-refractivity contribution < 1.29 is 9.53 Å². The standard InChI is InChI=1S/C9H19N3O2/c1-12(2)9(13)11-7-8-3-4-10-5-6-14-8/h8,10H,3-7H2,1-2H3,(H,11,13). The number of nitrogens with one attached hydrogen (secondary N) is 2. The van der Waals surface area contributed by atoms with Gasteiger partial charge in [-0.2, -0.15) is 0 Å². The van der Waals surface area contributed by atoms with Gasteiger partial charge in [0.2, 0.25) is 0 Å². The van der Waals surface area contributed by atoms with Crippen LogP contribution in [0.25, 0.3) is 0 Å². The molecule has 0 spiro atoms. The molecule has 1 saturated heterocycles. The monoisotopic (exact) mass is 201 g/mol. The summed E-state index contributed by atoms with van der Waals surface area (Å²) in [4.78, 5) is 12.7. The number of hydrogen-bond acceptors (Lipinski definition) is 3. The lowest BCUT2D eigenvalue weighted by molar-refractivity contribution is 0.0654. The van der Waals surface area contributed by atoms with Crippen molar-refractivity contribution in [1.29, 1.82) is 0 Å². The van der Waals surface area contributed by atoms with E-state index in [9.17, 15) is 4.79 Å². The average Bonchev–Trinajstić information content (AvgIpc) is 2.42. The van der Waals surface area contributed by atoms with Crippen molar-refractivity contribution in [3.05, 3.63) is 0 Å². The van der Waals surface area contributed by atoms with Gasteiger partial charge in [0.15, 0.2) is 0 Å². The fourth-order valence-electron chi connectivity index (χ4n) is 1.29. The fraction of sp³-hybridized carbons (Fsp3) is 0.889. The first-order chi connectivity index (χ1) is 6.70. The lowest BCUT2D eigenvalue weighted by Gasteiger charge is -2.17. The van der Waals surface area contributed by atoms with Crippen molar-refractivity contribution in [2.45, 2.75) is 12.5 Å². The van der Waals surface area contributed by atoms with Crippen LogP contribution < -0.4 is 10.6 Å². The molecule has 1 atom stereocenters. The highest BCUT2D eigenvalue weighted by Crippen LogP contribution is 1.99. The summed E-state index contributed by atoms with van der Waals surface area (Å²) in [6.45, 7) is 3.18. The zero-order chi connectivity index (χ0) is 10.4. The van der Waals surface area contributed by atoms with E-state index in [1.807, 2.05) is 0 Å². The number of rotatable bonds is 2. The highest BCUT2D eigenvalue weighted by Gasteiger charge is 2.13. The molecule has 82 valence electrons. The van der Waals surface area contributed by atoms with Gasteiger partial charge in [-0.15, -0.1) is 0 Å². The van der Waals surface area contributed by atoms with Crippen LogP contribution >= 0.6 is 0 Å². The Morgan fingerprint density at radius 2 is 2.36 bits per heavy atom. The van der Waals surface area contributed by atoms with Gasteiger partial charge in [0.05, 0.1) is 12.7 Å². The Balaban J connectivity index is 2.19. The van der Waals surface area contributed by atoms with Gasteiger partial charge in [0.1, 0.15) is 0 Å². The second-order valence-electron chi connectivity index (χ2n) is 3.61. The van der Waals surface area contributed by atoms with Crippen LogP contribution in [0.5, 0.6) is 0 Å². The van der Waals surface area contributed by atoms with E-state index in [2.05, 4.69) is 10.6 Å². The van der Waals surface area contributed by atoms with E-state index >= 15 is 0 Å². The summed E-state index contributed by atoms with van der Waals surface area (Å²) in [6.07, 6.45) is 1.10. The number of carbonyl (C=O) groups is 1. The molecular weight excluding hydrogens is 182 g/mol. The van der Waals surface area contributed by atoms with Crippen LogP contribution in [0, 0.1) is 0 Å². The molecular formula is C9H19N3O2. The Morgan fingerprint density at radius 3 is 3.07 bits per heavy atom. The predicted octanol–water partition coefficient (Wildman–Crippen LogP) is -0.364. The maximum atomic E-state index is 11.2. The second-order valence-corrected chi connectivity index (χ2v) is 3.61. The Labute approximate surface area is 84.8 Å². The summed E-state index contributed by atoms with van der Waals surface area (Å²) in [6, 6.07) is -0.0641. The van der Waals surface area contributed by atoms with Crippen LogP contribution in [0.3, 0.4) is 0 Å². The van der Waals surface area contributed by atoms with E-state index < -0.39 is 0 Å². The minimum absolute atomic E-state index is 0.0641. The molecule has 1 aliphatic heterocycles. The SMILES string of the molecule is CN(C)C(=O)NCC1CCNCCO1. The van der Waals surface area contributed by atoms with Gasteiger partial charge in [0, 0.05) is 27.2 Å². The maximum absolute atomic E-state index is 11.2. The van der Waals surface area contributed by atoms with Gasteiger partial charge in [-0.3, -0.25) is 0 Å². The molecule has 2 N–H and O–H groups in total. The van der Waals surface area contributed by atoms with E-state index in [-0.39, 0.29) is 12.1 Å². The summed E-state index contributed by atoms with van der Waals surface area (Å²) >= 11 is 0. The molecule has 0 saturated carbocycles. The molecule has 0 aliphatic carbocycles. The Kier molecular flexibility index (Phi) is 4.69. The van der Waals surface area contributed by atoms with E-state index in [1.165, 1.54) is 4.90 Å². The van der Waals surface area contributed by atoms with Crippen molar-refractivity contribution in [1.82, 2.24) is 15.5 Å². The molecule has 1 fully saturated rings. The minimum atomic E-state index is -0.0641. The average molecular weight is 201 g/mol. The van der Waals surface area contributed by atoms with Gasteiger partial charge in [-0.25, -0.2) is 4.79 Å². The molecule has 2 amide bonds. The van der Waals surface area contributed by atoms with Crippen LogP contribution in [0.15, 0.2) is 0 Å². The Bertz CT molecular complexity index is 177. The van der Waals surface area contributed by atoms with Crippen LogP contribution in [-0.4, -0.2) is 57.4 Å². The predicted molar refractivity (Wildman–Crippen MR) is 54.3 cm³/mol. The van der Waals surface area contributed by atoms with Gasteiger partial charge in [-0.05, 0) is 13.0 Å². The third-order valence-corrected chi connectivity index (χ3v) is 2.16. The highest BCUT2D eigenvalue weighted by molar-refractivity contribution is 5.73. The summed E-state index contributed by atoms with van der Waals surface area (Å²) < 4.78 is 5.54. The molecule has 1 heterocycles. The zero-order valence-corrected chi connectivity index (χ0v) is 8.88. The summed E-state index contributed by atoms with van der Waals surface area (Å²) in [5, 5.41) is 6.05. The molecule has 0 aromatic carbocycles. The fourth-order valence-corrected chi connectivity index (χ4v) is 1.29. The van der Waals surface area contributed by atoms with Crippen molar-refractivity contribution in [2.75, 3.05) is 40.3 Å². The van der Waals surface area contributed by atoms with E-state index in [0.29, 0.717) is 6.54 Å². The smallest absolute Gasteiger partial charge is 0.316 e. The molecule has 5 heteroatoms. The first kappa shape index (κ1) is 11.3. The molecule has 1 aliphatic rings. The van der Waals surface area contributed by atoms with Crippen molar-refractivity contribution in [3.63, 3.8) is 0 Å². The largest absolute Gasteiger partial charge is 0.375 e. The summed E-state index contributed by atoms with van der Waals surface area (Å²) in [7, 11) is 3.45. The van der Waals surface area contributed by atoms with Crippen molar-refractivity contribution in [3.8, 4) is 0 Å². The minimum Gasteiger partial charge on any atom is -0.375 e. The summed E-state index contributed by atoms with van der Waals surface area (Å²) in [5.74, 6) is 0. The van der Waals surface area contributed by atoms with Gasteiger partial charge < -0.3 is 20.3 Å². The molecule has 0 aromatic rings. The molecule has 0 radical (unpaired) electrons. The normalized spacial score (nSPS) is 22.6. The van der Waals surface area contributed by atoms with Crippen LogP contribution in [0.2, 0.25) is 0 Å². The third kappa shape index (κ3) is 3.93. The molecule has 1 unspecified atom stereocenters. The number of ether oxygens (including phenoxy) is 1. The quantitative estimate of drug-likeness (QED) is 0.641. The van der Waals surface area contributed by atoms with Crippen LogP contribution in [0.4, 0.5) is 4.79 Å². The summed E-state index contributed by atoms with van der Waals surface area (Å²) in [5.41, 5.74) is 0. The van der Waals surface area contributed by atoms with Gasteiger partial charge >= 0.3 is 6.03 Å². The molecule has 0 bridgehead atoms.